The molecule has 3 aromatic rings. The molecule has 0 saturated carbocycles. The van der Waals surface area contributed by atoms with Crippen molar-refractivity contribution in [1.29, 1.82) is 0 Å². The Morgan fingerprint density at radius 2 is 1.72 bits per heavy atom. The van der Waals surface area contributed by atoms with Crippen LogP contribution >= 0.6 is 0 Å². The number of carbonyl (C=O) groups excluding carboxylic acids is 3. The zero-order valence-corrected chi connectivity index (χ0v) is 16.4. The SMILES string of the molecule is CC(=O)c1ccc(NC(=O)/C(C)=C\C(=O)NCCc2c[nH]c3ccccc23)cc1. The molecule has 3 N–H and O–H groups in total. The van der Waals surface area contributed by atoms with E-state index >= 15 is 0 Å². The number of para-hydroxylation sites is 1. The second kappa shape index (κ2) is 9.01. The van der Waals surface area contributed by atoms with Crippen molar-refractivity contribution in [3.05, 3.63) is 77.5 Å². The van der Waals surface area contributed by atoms with Crippen LogP contribution < -0.4 is 10.6 Å². The molecule has 0 aliphatic rings. The topological polar surface area (TPSA) is 91.1 Å². The van der Waals surface area contributed by atoms with Crippen LogP contribution in [-0.4, -0.2) is 29.1 Å². The first-order chi connectivity index (χ1) is 13.9. The van der Waals surface area contributed by atoms with E-state index in [9.17, 15) is 14.4 Å². The molecule has 3 rings (SSSR count). The Balaban J connectivity index is 1.51. The molecule has 6 heteroatoms. The van der Waals surface area contributed by atoms with E-state index in [2.05, 4.69) is 15.6 Å². The average Bonchev–Trinajstić information content (AvgIpc) is 3.11. The molecular weight excluding hydrogens is 366 g/mol. The number of nitrogens with one attached hydrogen (secondary N) is 3. The van der Waals surface area contributed by atoms with Crippen molar-refractivity contribution in [3.63, 3.8) is 0 Å². The molecule has 29 heavy (non-hydrogen) atoms. The Kier molecular flexibility index (Phi) is 6.24. The molecule has 6 nitrogen and oxygen atoms in total. The summed E-state index contributed by atoms with van der Waals surface area (Å²) in [6, 6.07) is 14.6. The molecule has 0 atom stereocenters. The maximum Gasteiger partial charge on any atom is 0.251 e. The number of amides is 2. The van der Waals surface area contributed by atoms with Gasteiger partial charge in [-0.25, -0.2) is 0 Å². The largest absolute Gasteiger partial charge is 0.361 e. The van der Waals surface area contributed by atoms with Crippen LogP contribution in [0.4, 0.5) is 5.69 Å². The highest BCUT2D eigenvalue weighted by molar-refractivity contribution is 6.07. The van der Waals surface area contributed by atoms with Gasteiger partial charge in [0.15, 0.2) is 5.78 Å². The number of benzene rings is 2. The maximum absolute atomic E-state index is 12.2. The van der Waals surface area contributed by atoms with Gasteiger partial charge in [0, 0.05) is 46.5 Å². The molecule has 1 heterocycles. The summed E-state index contributed by atoms with van der Waals surface area (Å²) < 4.78 is 0. The zero-order valence-electron chi connectivity index (χ0n) is 16.4. The molecule has 1 aromatic heterocycles. The summed E-state index contributed by atoms with van der Waals surface area (Å²) in [5.74, 6) is -0.722. The van der Waals surface area contributed by atoms with Crippen LogP contribution in [0.2, 0.25) is 0 Å². The number of H-pyrrole nitrogens is 1. The molecule has 0 spiro atoms. The number of rotatable bonds is 7. The van der Waals surface area contributed by atoms with Gasteiger partial charge in [0.2, 0.25) is 5.91 Å². The summed E-state index contributed by atoms with van der Waals surface area (Å²) in [6.45, 7) is 3.54. The van der Waals surface area contributed by atoms with E-state index in [1.54, 1.807) is 31.2 Å². The van der Waals surface area contributed by atoms with E-state index in [0.717, 1.165) is 16.5 Å². The highest BCUT2D eigenvalue weighted by Crippen LogP contribution is 2.17. The van der Waals surface area contributed by atoms with Gasteiger partial charge in [0.1, 0.15) is 0 Å². The van der Waals surface area contributed by atoms with Crippen LogP contribution in [-0.2, 0) is 16.0 Å². The van der Waals surface area contributed by atoms with Crippen molar-refractivity contribution >= 4 is 34.2 Å². The molecule has 0 bridgehead atoms. The molecule has 2 aromatic carbocycles. The van der Waals surface area contributed by atoms with Gasteiger partial charge in [-0.3, -0.25) is 14.4 Å². The summed E-state index contributed by atoms with van der Waals surface area (Å²) in [7, 11) is 0. The van der Waals surface area contributed by atoms with Gasteiger partial charge in [-0.2, -0.15) is 0 Å². The third-order valence-corrected chi connectivity index (χ3v) is 4.62. The van der Waals surface area contributed by atoms with Gasteiger partial charge < -0.3 is 15.6 Å². The Labute approximate surface area is 169 Å². The lowest BCUT2D eigenvalue weighted by Crippen LogP contribution is -2.25. The predicted molar refractivity (Wildman–Crippen MR) is 114 cm³/mol. The van der Waals surface area contributed by atoms with Crippen LogP contribution in [0.1, 0.15) is 29.8 Å². The average molecular weight is 389 g/mol. The summed E-state index contributed by atoms with van der Waals surface area (Å²) >= 11 is 0. The standard InChI is InChI=1S/C23H23N3O3/c1-15(23(29)26-19-9-7-17(8-10-19)16(2)27)13-22(28)24-12-11-18-14-25-21-6-4-3-5-20(18)21/h3-10,13-14,25H,11-12H2,1-2H3,(H,24,28)(H,26,29)/b15-13-. The van der Waals surface area contributed by atoms with Gasteiger partial charge in [-0.15, -0.1) is 0 Å². The number of Topliss-reactive ketones (excluding diaryl/α,β-unsaturated/α-hetero) is 1. The third-order valence-electron chi connectivity index (χ3n) is 4.62. The Hall–Kier alpha value is -3.67. The monoisotopic (exact) mass is 389 g/mol. The molecule has 0 saturated heterocycles. The van der Waals surface area contributed by atoms with Crippen molar-refractivity contribution < 1.29 is 14.4 Å². The number of aromatic nitrogens is 1. The van der Waals surface area contributed by atoms with Crippen molar-refractivity contribution in [2.24, 2.45) is 0 Å². The number of hydrogen-bond donors (Lipinski definition) is 3. The van der Waals surface area contributed by atoms with Gasteiger partial charge in [-0.1, -0.05) is 18.2 Å². The second-order valence-corrected chi connectivity index (χ2v) is 6.82. The van der Waals surface area contributed by atoms with Gasteiger partial charge in [-0.05, 0) is 56.2 Å². The van der Waals surface area contributed by atoms with E-state index < -0.39 is 0 Å². The lowest BCUT2D eigenvalue weighted by molar-refractivity contribution is -0.117. The smallest absolute Gasteiger partial charge is 0.251 e. The van der Waals surface area contributed by atoms with Crippen LogP contribution in [0, 0.1) is 0 Å². The normalized spacial score (nSPS) is 11.3. The minimum atomic E-state index is -0.368. The predicted octanol–water partition coefficient (Wildman–Crippen LogP) is 3.61. The zero-order chi connectivity index (χ0) is 20.8. The van der Waals surface area contributed by atoms with Crippen LogP contribution in [0.3, 0.4) is 0 Å². The fraction of sp³-hybridized carbons (Fsp3) is 0.174. The summed E-state index contributed by atoms with van der Waals surface area (Å²) in [4.78, 5) is 38.9. The number of aromatic amines is 1. The van der Waals surface area contributed by atoms with Crippen LogP contribution in [0.25, 0.3) is 10.9 Å². The van der Waals surface area contributed by atoms with Crippen molar-refractivity contribution in [3.8, 4) is 0 Å². The lowest BCUT2D eigenvalue weighted by atomic mass is 10.1. The van der Waals surface area contributed by atoms with E-state index in [4.69, 9.17) is 0 Å². The van der Waals surface area contributed by atoms with Crippen LogP contribution in [0.15, 0.2) is 66.4 Å². The van der Waals surface area contributed by atoms with E-state index in [0.29, 0.717) is 29.8 Å². The molecule has 0 radical (unpaired) electrons. The third kappa shape index (κ3) is 5.19. The first-order valence-electron chi connectivity index (χ1n) is 9.37. The number of carbonyl (C=O) groups is 3. The second-order valence-electron chi connectivity index (χ2n) is 6.82. The first-order valence-corrected chi connectivity index (χ1v) is 9.37. The lowest BCUT2D eigenvalue weighted by Gasteiger charge is -2.07. The number of ketones is 1. The van der Waals surface area contributed by atoms with Crippen molar-refractivity contribution in [1.82, 2.24) is 10.3 Å². The maximum atomic E-state index is 12.2. The first kappa shape index (κ1) is 20.1. The Bertz CT molecular complexity index is 1080. The highest BCUT2D eigenvalue weighted by atomic mass is 16.2. The Morgan fingerprint density at radius 3 is 2.45 bits per heavy atom. The van der Waals surface area contributed by atoms with Crippen LogP contribution in [0.5, 0.6) is 0 Å². The van der Waals surface area contributed by atoms with Crippen molar-refractivity contribution in [2.75, 3.05) is 11.9 Å². The Morgan fingerprint density at radius 1 is 1.00 bits per heavy atom. The quantitative estimate of drug-likeness (QED) is 0.426. The van der Waals surface area contributed by atoms with E-state index in [-0.39, 0.29) is 17.6 Å². The molecule has 0 aliphatic carbocycles. The summed E-state index contributed by atoms with van der Waals surface area (Å²) in [5, 5.41) is 6.66. The van der Waals surface area contributed by atoms with Gasteiger partial charge >= 0.3 is 0 Å². The number of hydrogen-bond acceptors (Lipinski definition) is 3. The summed E-state index contributed by atoms with van der Waals surface area (Å²) in [5.41, 5.74) is 3.63. The molecular formula is C23H23N3O3. The minimum Gasteiger partial charge on any atom is -0.361 e. The number of fused-ring (bicyclic) bond motifs is 1. The minimum absolute atomic E-state index is 0.0386. The molecule has 148 valence electrons. The molecule has 0 aliphatic heterocycles. The van der Waals surface area contributed by atoms with Gasteiger partial charge in [0.25, 0.3) is 5.91 Å². The molecule has 0 fully saturated rings. The van der Waals surface area contributed by atoms with Crippen molar-refractivity contribution in [2.45, 2.75) is 20.3 Å². The van der Waals surface area contributed by atoms with Gasteiger partial charge in [0.05, 0.1) is 0 Å². The molecule has 0 unspecified atom stereocenters. The van der Waals surface area contributed by atoms with E-state index in [1.807, 2.05) is 30.5 Å². The fourth-order valence-electron chi connectivity index (χ4n) is 2.99. The number of anilines is 1. The highest BCUT2D eigenvalue weighted by Gasteiger charge is 2.09. The fourth-order valence-corrected chi connectivity index (χ4v) is 2.99. The summed E-state index contributed by atoms with van der Waals surface area (Å²) in [6.07, 6.45) is 3.93. The molecule has 2 amide bonds. The van der Waals surface area contributed by atoms with E-state index in [1.165, 1.54) is 13.0 Å².